The van der Waals surface area contributed by atoms with Gasteiger partial charge in [-0.15, -0.1) is 0 Å². The van der Waals surface area contributed by atoms with Gasteiger partial charge in [0.25, 0.3) is 0 Å². The summed E-state index contributed by atoms with van der Waals surface area (Å²) in [7, 11) is 3.24. The van der Waals surface area contributed by atoms with Crippen molar-refractivity contribution < 1.29 is 9.47 Å². The molecule has 1 aromatic carbocycles. The molecule has 18 heavy (non-hydrogen) atoms. The zero-order valence-corrected chi connectivity index (χ0v) is 11.3. The highest BCUT2D eigenvalue weighted by Gasteiger charge is 2.12. The number of ether oxygens (including phenoxy) is 2. The van der Waals surface area contributed by atoms with Crippen LogP contribution in [0.2, 0.25) is 5.02 Å². The fourth-order valence-corrected chi connectivity index (χ4v) is 1.84. The number of nitrogens with two attached hydrogens (primary N) is 1. The van der Waals surface area contributed by atoms with E-state index in [0.29, 0.717) is 29.4 Å². The number of rotatable bonds is 7. The summed E-state index contributed by atoms with van der Waals surface area (Å²) >= 11 is 6.02. The predicted octanol–water partition coefficient (Wildman–Crippen LogP) is 1.70. The molecule has 0 saturated heterocycles. The largest absolute Gasteiger partial charge is 0.384 e. The summed E-state index contributed by atoms with van der Waals surface area (Å²) in [5, 5.41) is 11.1. The number of nitrogens with one attached hydrogen (secondary N) is 2. The minimum absolute atomic E-state index is 0.0659. The molecule has 5 nitrogen and oxygen atoms in total. The van der Waals surface area contributed by atoms with Crippen LogP contribution in [0.4, 0.5) is 5.69 Å². The Bertz CT molecular complexity index is 412. The van der Waals surface area contributed by atoms with Gasteiger partial charge in [-0.2, -0.15) is 0 Å². The van der Waals surface area contributed by atoms with E-state index >= 15 is 0 Å². The minimum Gasteiger partial charge on any atom is -0.384 e. The van der Waals surface area contributed by atoms with Gasteiger partial charge in [0.05, 0.1) is 23.3 Å². The van der Waals surface area contributed by atoms with Crippen LogP contribution in [0.25, 0.3) is 0 Å². The zero-order valence-electron chi connectivity index (χ0n) is 10.5. The Labute approximate surface area is 112 Å². The molecule has 0 aromatic heterocycles. The molecular formula is C12H18ClN3O2. The number of benzene rings is 1. The average molecular weight is 272 g/mol. The Morgan fingerprint density at radius 3 is 2.78 bits per heavy atom. The highest BCUT2D eigenvalue weighted by atomic mass is 35.5. The predicted molar refractivity (Wildman–Crippen MR) is 73.6 cm³/mol. The highest BCUT2D eigenvalue weighted by molar-refractivity contribution is 6.34. The number of anilines is 1. The molecule has 0 bridgehead atoms. The Hall–Kier alpha value is -1.30. The van der Waals surface area contributed by atoms with Crippen molar-refractivity contribution in [3.05, 3.63) is 28.8 Å². The van der Waals surface area contributed by atoms with Crippen molar-refractivity contribution in [3.8, 4) is 0 Å². The van der Waals surface area contributed by atoms with Crippen LogP contribution in [0.3, 0.4) is 0 Å². The molecule has 0 saturated carbocycles. The molecule has 0 spiro atoms. The van der Waals surface area contributed by atoms with Crippen molar-refractivity contribution >= 4 is 23.1 Å². The summed E-state index contributed by atoms with van der Waals surface area (Å²) in [5.74, 6) is -0.0659. The minimum atomic E-state index is -0.0752. The lowest BCUT2D eigenvalue weighted by atomic mass is 10.1. The number of hydrogen-bond acceptors (Lipinski definition) is 4. The first kappa shape index (κ1) is 14.8. The average Bonchev–Trinajstić information content (AvgIpc) is 2.33. The summed E-state index contributed by atoms with van der Waals surface area (Å²) in [6.07, 6.45) is -0.0752. The van der Waals surface area contributed by atoms with E-state index in [0.717, 1.165) is 0 Å². The van der Waals surface area contributed by atoms with E-state index in [9.17, 15) is 0 Å². The molecule has 4 N–H and O–H groups in total. The van der Waals surface area contributed by atoms with Gasteiger partial charge in [-0.1, -0.05) is 17.7 Å². The van der Waals surface area contributed by atoms with Gasteiger partial charge in [0, 0.05) is 26.5 Å². The lowest BCUT2D eigenvalue weighted by molar-refractivity contribution is 0.0365. The third kappa shape index (κ3) is 3.87. The highest BCUT2D eigenvalue weighted by Crippen LogP contribution is 2.23. The van der Waals surface area contributed by atoms with Crippen LogP contribution in [-0.2, 0) is 9.47 Å². The first-order chi connectivity index (χ1) is 8.60. The van der Waals surface area contributed by atoms with Gasteiger partial charge in [-0.05, 0) is 12.1 Å². The standard InChI is InChI=1S/C12H18ClN3O2/c1-17-7-8(18-2)6-16-10-5-3-4-9(13)11(10)12(14)15/h3-5,8,16H,6-7H2,1-2H3,(H3,14,15). The van der Waals surface area contributed by atoms with E-state index in [2.05, 4.69) is 5.32 Å². The quantitative estimate of drug-likeness (QED) is 0.521. The lowest BCUT2D eigenvalue weighted by Gasteiger charge is -2.18. The van der Waals surface area contributed by atoms with Crippen LogP contribution in [-0.4, -0.2) is 39.3 Å². The molecule has 0 aliphatic rings. The summed E-state index contributed by atoms with van der Waals surface area (Å²) in [4.78, 5) is 0. The van der Waals surface area contributed by atoms with Crippen molar-refractivity contribution in [2.24, 2.45) is 5.73 Å². The number of halogens is 1. The van der Waals surface area contributed by atoms with Crippen LogP contribution in [0.1, 0.15) is 5.56 Å². The van der Waals surface area contributed by atoms with Gasteiger partial charge >= 0.3 is 0 Å². The van der Waals surface area contributed by atoms with Gasteiger partial charge in [-0.25, -0.2) is 0 Å². The smallest absolute Gasteiger partial charge is 0.126 e. The molecule has 1 rings (SSSR count). The third-order valence-electron chi connectivity index (χ3n) is 2.49. The summed E-state index contributed by atoms with van der Waals surface area (Å²) in [6, 6.07) is 5.32. The first-order valence-corrected chi connectivity index (χ1v) is 5.86. The maximum atomic E-state index is 7.53. The van der Waals surface area contributed by atoms with Crippen LogP contribution in [0.5, 0.6) is 0 Å². The SMILES string of the molecule is COCC(CNc1cccc(Cl)c1C(=N)N)OC. The maximum Gasteiger partial charge on any atom is 0.126 e. The summed E-state index contributed by atoms with van der Waals surface area (Å²) < 4.78 is 10.3. The van der Waals surface area contributed by atoms with E-state index < -0.39 is 0 Å². The molecule has 1 unspecified atom stereocenters. The van der Waals surface area contributed by atoms with E-state index in [1.807, 2.05) is 6.07 Å². The van der Waals surface area contributed by atoms with Gasteiger partial charge < -0.3 is 20.5 Å². The molecule has 1 aromatic rings. The molecular weight excluding hydrogens is 254 g/mol. The van der Waals surface area contributed by atoms with Crippen LogP contribution < -0.4 is 11.1 Å². The van der Waals surface area contributed by atoms with Gasteiger partial charge in [0.2, 0.25) is 0 Å². The first-order valence-electron chi connectivity index (χ1n) is 5.48. The van der Waals surface area contributed by atoms with Crippen LogP contribution >= 0.6 is 11.6 Å². The van der Waals surface area contributed by atoms with E-state index in [1.165, 1.54) is 0 Å². The van der Waals surface area contributed by atoms with Crippen molar-refractivity contribution in [3.63, 3.8) is 0 Å². The maximum absolute atomic E-state index is 7.53. The Morgan fingerprint density at radius 2 is 2.22 bits per heavy atom. The Morgan fingerprint density at radius 1 is 1.50 bits per heavy atom. The van der Waals surface area contributed by atoms with Crippen molar-refractivity contribution in [2.45, 2.75) is 6.10 Å². The zero-order chi connectivity index (χ0) is 13.5. The van der Waals surface area contributed by atoms with Crippen molar-refractivity contribution in [1.29, 1.82) is 5.41 Å². The third-order valence-corrected chi connectivity index (χ3v) is 2.80. The van der Waals surface area contributed by atoms with E-state index in [4.69, 9.17) is 32.2 Å². The monoisotopic (exact) mass is 271 g/mol. The molecule has 0 aliphatic heterocycles. The molecule has 0 heterocycles. The van der Waals surface area contributed by atoms with Gasteiger partial charge in [0.15, 0.2) is 0 Å². The fourth-order valence-electron chi connectivity index (χ4n) is 1.57. The number of nitrogen functional groups attached to an aromatic ring is 1. The fraction of sp³-hybridized carbons (Fsp3) is 0.417. The van der Waals surface area contributed by atoms with Crippen molar-refractivity contribution in [1.82, 2.24) is 0 Å². The van der Waals surface area contributed by atoms with Crippen molar-refractivity contribution in [2.75, 3.05) is 32.7 Å². The molecule has 100 valence electrons. The van der Waals surface area contributed by atoms with Crippen LogP contribution in [0.15, 0.2) is 18.2 Å². The molecule has 6 heteroatoms. The van der Waals surface area contributed by atoms with Crippen LogP contribution in [0, 0.1) is 5.41 Å². The molecule has 0 fully saturated rings. The second-order valence-electron chi connectivity index (χ2n) is 3.77. The van der Waals surface area contributed by atoms with Gasteiger partial charge in [-0.3, -0.25) is 5.41 Å². The lowest BCUT2D eigenvalue weighted by Crippen LogP contribution is -2.27. The molecule has 0 radical (unpaired) electrons. The topological polar surface area (TPSA) is 80.4 Å². The number of amidine groups is 1. The Kier molecular flexibility index (Phi) is 5.91. The second-order valence-corrected chi connectivity index (χ2v) is 4.18. The van der Waals surface area contributed by atoms with Gasteiger partial charge in [0.1, 0.15) is 5.84 Å². The summed E-state index contributed by atoms with van der Waals surface area (Å²) in [5.41, 5.74) is 6.74. The van der Waals surface area contributed by atoms with E-state index in [1.54, 1.807) is 26.4 Å². The normalized spacial score (nSPS) is 12.2. The number of hydrogen-bond donors (Lipinski definition) is 3. The molecule has 1 atom stereocenters. The summed E-state index contributed by atoms with van der Waals surface area (Å²) in [6.45, 7) is 1.03. The Balaban J connectivity index is 2.78. The second kappa shape index (κ2) is 7.20. The molecule has 0 amide bonds. The number of methoxy groups -OCH3 is 2. The molecule has 0 aliphatic carbocycles. The van der Waals surface area contributed by atoms with E-state index in [-0.39, 0.29) is 11.9 Å².